The Balaban J connectivity index is 1.49. The van der Waals surface area contributed by atoms with E-state index in [9.17, 15) is 4.79 Å². The molecule has 1 atom stereocenters. The number of nitrogen functional groups attached to an aromatic ring is 1. The maximum absolute atomic E-state index is 12.4. The molecule has 1 aliphatic rings. The van der Waals surface area contributed by atoms with Crippen molar-refractivity contribution in [3.8, 4) is 0 Å². The molecule has 0 saturated carbocycles. The van der Waals surface area contributed by atoms with Crippen molar-refractivity contribution >= 4 is 11.7 Å². The highest BCUT2D eigenvalue weighted by atomic mass is 16.2. The van der Waals surface area contributed by atoms with Crippen LogP contribution < -0.4 is 11.1 Å². The fourth-order valence-corrected chi connectivity index (χ4v) is 3.93. The summed E-state index contributed by atoms with van der Waals surface area (Å²) < 4.78 is 1.56. The lowest BCUT2D eigenvalue weighted by molar-refractivity contribution is -0.122. The molecule has 0 spiro atoms. The first kappa shape index (κ1) is 20.4. The van der Waals surface area contributed by atoms with E-state index in [1.165, 1.54) is 11.1 Å². The van der Waals surface area contributed by atoms with Gasteiger partial charge in [-0.25, -0.2) is 4.68 Å². The van der Waals surface area contributed by atoms with Gasteiger partial charge in [-0.2, -0.15) is 5.10 Å². The third-order valence-electron chi connectivity index (χ3n) is 5.17. The van der Waals surface area contributed by atoms with E-state index in [-0.39, 0.29) is 18.5 Å². The minimum absolute atomic E-state index is 0.0281. The number of carbonyl (C=O) groups excluding carboxylic acids is 1. The number of benzene rings is 1. The van der Waals surface area contributed by atoms with Crippen molar-refractivity contribution in [3.05, 3.63) is 47.2 Å². The van der Waals surface area contributed by atoms with Crippen LogP contribution in [0.15, 0.2) is 30.3 Å². The Morgan fingerprint density at radius 3 is 2.64 bits per heavy atom. The number of hydrogen-bond acceptors (Lipinski definition) is 4. The molecule has 1 saturated heterocycles. The zero-order chi connectivity index (χ0) is 20.1. The van der Waals surface area contributed by atoms with Gasteiger partial charge in [0.25, 0.3) is 0 Å². The average molecular weight is 384 g/mol. The smallest absolute Gasteiger partial charge is 0.242 e. The minimum Gasteiger partial charge on any atom is -0.384 e. The Labute approximate surface area is 168 Å². The second kappa shape index (κ2) is 9.24. The Morgan fingerprint density at radius 1 is 1.29 bits per heavy atom. The second-order valence-electron chi connectivity index (χ2n) is 8.42. The summed E-state index contributed by atoms with van der Waals surface area (Å²) in [5, 5.41) is 7.41. The largest absolute Gasteiger partial charge is 0.384 e. The number of hydrogen-bond donors (Lipinski definition) is 2. The van der Waals surface area contributed by atoms with Crippen molar-refractivity contribution in [2.75, 3.05) is 18.8 Å². The number of amides is 1. The first-order valence-electron chi connectivity index (χ1n) is 10.3. The quantitative estimate of drug-likeness (QED) is 0.771. The van der Waals surface area contributed by atoms with Crippen molar-refractivity contribution in [3.63, 3.8) is 0 Å². The fraction of sp³-hybridized carbons (Fsp3) is 0.545. The van der Waals surface area contributed by atoms with Crippen molar-refractivity contribution in [1.29, 1.82) is 0 Å². The summed E-state index contributed by atoms with van der Waals surface area (Å²) in [6.07, 6.45) is 3.24. The first-order chi connectivity index (χ1) is 13.4. The molecule has 3 N–H and O–H groups in total. The zero-order valence-electron chi connectivity index (χ0n) is 17.3. The number of likely N-dealkylation sites (tertiary alicyclic amines) is 1. The number of rotatable bonds is 7. The van der Waals surface area contributed by atoms with E-state index in [0.717, 1.165) is 44.6 Å². The number of piperidine rings is 1. The SMILES string of the molecule is Cc1cc(N)n(CC(=O)NC2CCCN(Cc3ccc(CC(C)C)cc3)C2)n1. The van der Waals surface area contributed by atoms with E-state index in [1.807, 2.05) is 6.92 Å². The van der Waals surface area contributed by atoms with E-state index in [1.54, 1.807) is 10.7 Å². The molecular formula is C22H33N5O. The third kappa shape index (κ3) is 5.83. The predicted octanol–water partition coefficient (Wildman–Crippen LogP) is 2.75. The highest BCUT2D eigenvalue weighted by Gasteiger charge is 2.22. The fourth-order valence-electron chi connectivity index (χ4n) is 3.93. The standard InChI is InChI=1S/C22H33N5O/c1-16(2)11-18-6-8-19(9-7-18)13-26-10-4-5-20(14-26)24-22(28)15-27-21(23)12-17(3)25-27/h6-9,12,16,20H,4-5,10-11,13-15,23H2,1-3H3,(H,24,28). The molecule has 1 amide bonds. The number of nitrogens with one attached hydrogen (secondary N) is 1. The van der Waals surface area contributed by atoms with Gasteiger partial charge in [-0.05, 0) is 49.8 Å². The summed E-state index contributed by atoms with van der Waals surface area (Å²) in [4.78, 5) is 14.8. The maximum atomic E-state index is 12.4. The predicted molar refractivity (Wildman–Crippen MR) is 113 cm³/mol. The molecule has 0 bridgehead atoms. The molecule has 1 unspecified atom stereocenters. The summed E-state index contributed by atoms with van der Waals surface area (Å²) in [6.45, 7) is 9.43. The van der Waals surface area contributed by atoms with Crippen molar-refractivity contribution in [2.24, 2.45) is 5.92 Å². The molecule has 3 rings (SSSR count). The second-order valence-corrected chi connectivity index (χ2v) is 8.42. The summed E-state index contributed by atoms with van der Waals surface area (Å²) in [6, 6.07) is 10.9. The van der Waals surface area contributed by atoms with Gasteiger partial charge in [-0.15, -0.1) is 0 Å². The van der Waals surface area contributed by atoms with E-state index < -0.39 is 0 Å². The highest BCUT2D eigenvalue weighted by Crippen LogP contribution is 2.16. The average Bonchev–Trinajstić information content (AvgIpc) is 2.93. The molecule has 6 nitrogen and oxygen atoms in total. The Bertz CT molecular complexity index is 781. The zero-order valence-corrected chi connectivity index (χ0v) is 17.3. The summed E-state index contributed by atoms with van der Waals surface area (Å²) in [5.41, 5.74) is 9.44. The van der Waals surface area contributed by atoms with Gasteiger partial charge in [-0.3, -0.25) is 9.69 Å². The van der Waals surface area contributed by atoms with Crippen LogP contribution in [0.3, 0.4) is 0 Å². The Hall–Kier alpha value is -2.34. The van der Waals surface area contributed by atoms with Crippen LogP contribution in [0.2, 0.25) is 0 Å². The van der Waals surface area contributed by atoms with Gasteiger partial charge in [0.15, 0.2) is 0 Å². The molecule has 2 heterocycles. The summed E-state index contributed by atoms with van der Waals surface area (Å²) in [5.74, 6) is 1.18. The van der Waals surface area contributed by atoms with Gasteiger partial charge in [0, 0.05) is 25.2 Å². The molecule has 28 heavy (non-hydrogen) atoms. The molecular weight excluding hydrogens is 350 g/mol. The summed E-state index contributed by atoms with van der Waals surface area (Å²) >= 11 is 0. The van der Waals surface area contributed by atoms with Gasteiger partial charge in [0.2, 0.25) is 5.91 Å². The molecule has 1 aliphatic heterocycles. The van der Waals surface area contributed by atoms with Crippen LogP contribution in [-0.4, -0.2) is 39.7 Å². The van der Waals surface area contributed by atoms with Crippen LogP contribution in [0.1, 0.15) is 43.5 Å². The molecule has 1 aromatic carbocycles. The third-order valence-corrected chi connectivity index (χ3v) is 5.17. The topological polar surface area (TPSA) is 76.2 Å². The lowest BCUT2D eigenvalue weighted by Gasteiger charge is -2.33. The molecule has 0 aliphatic carbocycles. The van der Waals surface area contributed by atoms with Crippen LogP contribution >= 0.6 is 0 Å². The molecule has 2 aromatic rings. The molecule has 152 valence electrons. The molecule has 0 radical (unpaired) electrons. The number of anilines is 1. The van der Waals surface area contributed by atoms with Crippen molar-refractivity contribution in [2.45, 2.75) is 59.2 Å². The molecule has 6 heteroatoms. The molecule has 1 aromatic heterocycles. The number of nitrogens with zero attached hydrogens (tertiary/aromatic N) is 3. The van der Waals surface area contributed by atoms with Gasteiger partial charge in [0.1, 0.15) is 12.4 Å². The van der Waals surface area contributed by atoms with Gasteiger partial charge >= 0.3 is 0 Å². The van der Waals surface area contributed by atoms with E-state index >= 15 is 0 Å². The minimum atomic E-state index is -0.0281. The van der Waals surface area contributed by atoms with Crippen LogP contribution in [0, 0.1) is 12.8 Å². The van der Waals surface area contributed by atoms with Crippen molar-refractivity contribution in [1.82, 2.24) is 20.0 Å². The monoisotopic (exact) mass is 383 g/mol. The molecule has 1 fully saturated rings. The highest BCUT2D eigenvalue weighted by molar-refractivity contribution is 5.76. The van der Waals surface area contributed by atoms with Crippen molar-refractivity contribution < 1.29 is 4.79 Å². The number of aryl methyl sites for hydroxylation is 1. The summed E-state index contributed by atoms with van der Waals surface area (Å²) in [7, 11) is 0. The normalized spacial score (nSPS) is 17.8. The Morgan fingerprint density at radius 2 is 2.00 bits per heavy atom. The Kier molecular flexibility index (Phi) is 6.73. The van der Waals surface area contributed by atoms with E-state index in [4.69, 9.17) is 5.73 Å². The lowest BCUT2D eigenvalue weighted by atomic mass is 10.0. The van der Waals surface area contributed by atoms with Gasteiger partial charge in [0.05, 0.1) is 5.69 Å². The number of carbonyl (C=O) groups is 1. The lowest BCUT2D eigenvalue weighted by Crippen LogP contribution is -2.48. The van der Waals surface area contributed by atoms with Crippen LogP contribution in [-0.2, 0) is 24.3 Å². The van der Waals surface area contributed by atoms with Crippen LogP contribution in [0.4, 0.5) is 5.82 Å². The number of aromatic nitrogens is 2. The van der Waals surface area contributed by atoms with Crippen LogP contribution in [0.5, 0.6) is 0 Å². The van der Waals surface area contributed by atoms with Crippen LogP contribution in [0.25, 0.3) is 0 Å². The maximum Gasteiger partial charge on any atom is 0.242 e. The first-order valence-corrected chi connectivity index (χ1v) is 10.3. The van der Waals surface area contributed by atoms with Gasteiger partial charge < -0.3 is 11.1 Å². The van der Waals surface area contributed by atoms with E-state index in [2.05, 4.69) is 53.4 Å². The van der Waals surface area contributed by atoms with Gasteiger partial charge in [-0.1, -0.05) is 38.1 Å². The van der Waals surface area contributed by atoms with E-state index in [0.29, 0.717) is 11.7 Å². The number of nitrogens with two attached hydrogens (primary N) is 1.